The lowest BCUT2D eigenvalue weighted by molar-refractivity contribution is 0.670. The molecule has 0 fully saturated rings. The van der Waals surface area contributed by atoms with E-state index in [0.717, 1.165) is 77.4 Å². The zero-order valence-electron chi connectivity index (χ0n) is 33.4. The summed E-state index contributed by atoms with van der Waals surface area (Å²) in [4.78, 5) is 16.0. The van der Waals surface area contributed by atoms with Crippen molar-refractivity contribution in [3.05, 3.63) is 212 Å². The van der Waals surface area contributed by atoms with Gasteiger partial charge in [-0.1, -0.05) is 176 Å². The molecule has 0 unspecified atom stereocenters. The van der Waals surface area contributed by atoms with Crippen LogP contribution in [0.1, 0.15) is 0 Å². The Hall–Kier alpha value is -7.99. The minimum absolute atomic E-state index is 0.605. The molecule has 3 aromatic heterocycles. The molecule has 0 atom stereocenters. The Bertz CT molecular complexity index is 3630. The van der Waals surface area contributed by atoms with E-state index >= 15 is 0 Å². The van der Waals surface area contributed by atoms with Crippen molar-refractivity contribution in [2.45, 2.75) is 0 Å². The van der Waals surface area contributed by atoms with Crippen LogP contribution >= 0.6 is 11.3 Å². The van der Waals surface area contributed by atoms with Crippen LogP contribution in [0.25, 0.3) is 121 Å². The van der Waals surface area contributed by atoms with E-state index in [1.54, 1.807) is 11.3 Å². The number of furan rings is 1. The number of para-hydroxylation sites is 2. The Morgan fingerprint density at radius 3 is 1.65 bits per heavy atom. The van der Waals surface area contributed by atoms with E-state index < -0.39 is 0 Å². The molecular formula is C57H35N3OS. The number of hydrogen-bond acceptors (Lipinski definition) is 5. The van der Waals surface area contributed by atoms with Crippen molar-refractivity contribution < 1.29 is 4.42 Å². The van der Waals surface area contributed by atoms with E-state index in [0.29, 0.717) is 17.5 Å². The van der Waals surface area contributed by atoms with Crippen LogP contribution in [-0.2, 0) is 0 Å². The molecule has 0 spiro atoms. The fourth-order valence-corrected chi connectivity index (χ4v) is 9.89. The minimum atomic E-state index is 0.605. The molecule has 5 heteroatoms. The molecule has 290 valence electrons. The smallest absolute Gasteiger partial charge is 0.164 e. The summed E-state index contributed by atoms with van der Waals surface area (Å²) < 4.78 is 8.92. The van der Waals surface area contributed by atoms with Crippen molar-refractivity contribution in [3.8, 4) is 78.7 Å². The molecular weight excluding hydrogens is 775 g/mol. The third kappa shape index (κ3) is 6.26. The molecule has 9 aromatic carbocycles. The van der Waals surface area contributed by atoms with Crippen molar-refractivity contribution in [1.82, 2.24) is 15.0 Å². The summed E-state index contributed by atoms with van der Waals surface area (Å²) in [5.74, 6) is 1.85. The SMILES string of the molecule is c1ccc(-c2ccc(-c3cccc(-c4cccc5c4oc4ccccc45)c3)c(-c3nc(-c4ccccc4)nc(-c4cccc5sc6ccc(-c7ccccc7)cc6c45)n3)c2)cc1. The molecule has 4 nitrogen and oxygen atoms in total. The van der Waals surface area contributed by atoms with Gasteiger partial charge in [0.1, 0.15) is 11.2 Å². The predicted molar refractivity (Wildman–Crippen MR) is 258 cm³/mol. The second-order valence-electron chi connectivity index (χ2n) is 15.5. The molecule has 12 aromatic rings. The first-order valence-electron chi connectivity index (χ1n) is 20.8. The maximum absolute atomic E-state index is 6.51. The van der Waals surface area contributed by atoms with Gasteiger partial charge in [0.05, 0.1) is 0 Å². The summed E-state index contributed by atoms with van der Waals surface area (Å²) in [7, 11) is 0. The number of rotatable bonds is 7. The minimum Gasteiger partial charge on any atom is -0.455 e. The van der Waals surface area contributed by atoms with Crippen molar-refractivity contribution in [1.29, 1.82) is 0 Å². The number of thiophene rings is 1. The Morgan fingerprint density at radius 1 is 0.306 bits per heavy atom. The van der Waals surface area contributed by atoms with Crippen LogP contribution < -0.4 is 0 Å². The third-order valence-corrected chi connectivity index (χ3v) is 12.9. The summed E-state index contributed by atoms with van der Waals surface area (Å²) in [6.07, 6.45) is 0. The molecule has 0 aliphatic heterocycles. The van der Waals surface area contributed by atoms with Gasteiger partial charge in [-0.05, 0) is 75.3 Å². The fourth-order valence-electron chi connectivity index (χ4n) is 8.78. The first-order valence-corrected chi connectivity index (χ1v) is 21.6. The van der Waals surface area contributed by atoms with Gasteiger partial charge >= 0.3 is 0 Å². The summed E-state index contributed by atoms with van der Waals surface area (Å²) in [5, 5.41) is 4.55. The fraction of sp³-hybridized carbons (Fsp3) is 0. The molecule has 3 heterocycles. The van der Waals surface area contributed by atoms with Crippen molar-refractivity contribution in [2.75, 3.05) is 0 Å². The molecule has 0 N–H and O–H groups in total. The number of aromatic nitrogens is 3. The lowest BCUT2D eigenvalue weighted by Crippen LogP contribution is -2.01. The highest BCUT2D eigenvalue weighted by atomic mass is 32.1. The zero-order valence-corrected chi connectivity index (χ0v) is 34.2. The summed E-state index contributed by atoms with van der Waals surface area (Å²) in [6.45, 7) is 0. The third-order valence-electron chi connectivity index (χ3n) is 11.8. The highest BCUT2D eigenvalue weighted by Crippen LogP contribution is 2.43. The molecule has 12 rings (SSSR count). The average molecular weight is 810 g/mol. The van der Waals surface area contributed by atoms with E-state index in [2.05, 4.69) is 182 Å². The van der Waals surface area contributed by atoms with Gasteiger partial charge in [-0.2, -0.15) is 0 Å². The second-order valence-corrected chi connectivity index (χ2v) is 16.6. The number of benzene rings is 9. The van der Waals surface area contributed by atoms with Gasteiger partial charge in [-0.25, -0.2) is 15.0 Å². The first-order chi connectivity index (χ1) is 30.7. The van der Waals surface area contributed by atoms with Crippen LogP contribution in [0.15, 0.2) is 217 Å². The van der Waals surface area contributed by atoms with Crippen molar-refractivity contribution in [2.24, 2.45) is 0 Å². The van der Waals surface area contributed by atoms with Crippen molar-refractivity contribution in [3.63, 3.8) is 0 Å². The quantitative estimate of drug-likeness (QED) is 0.161. The van der Waals surface area contributed by atoms with Crippen LogP contribution in [0.2, 0.25) is 0 Å². The topological polar surface area (TPSA) is 51.8 Å². The molecule has 0 amide bonds. The normalized spacial score (nSPS) is 11.5. The Morgan fingerprint density at radius 2 is 0.871 bits per heavy atom. The maximum atomic E-state index is 6.51. The number of nitrogens with zero attached hydrogens (tertiary/aromatic N) is 3. The summed E-state index contributed by atoms with van der Waals surface area (Å²) in [6, 6.07) is 74.5. The average Bonchev–Trinajstić information content (AvgIpc) is 3.93. The van der Waals surface area contributed by atoms with Crippen LogP contribution in [0.5, 0.6) is 0 Å². The van der Waals surface area contributed by atoms with Gasteiger partial charge in [-0.3, -0.25) is 0 Å². The lowest BCUT2D eigenvalue weighted by atomic mass is 9.92. The van der Waals surface area contributed by atoms with E-state index in [1.165, 1.54) is 25.9 Å². The molecule has 0 aliphatic carbocycles. The van der Waals surface area contributed by atoms with E-state index in [4.69, 9.17) is 19.4 Å². The molecule has 0 saturated carbocycles. The van der Waals surface area contributed by atoms with Gasteiger partial charge in [0, 0.05) is 53.2 Å². The summed E-state index contributed by atoms with van der Waals surface area (Å²) in [5.41, 5.74) is 13.3. The Kier molecular flexibility index (Phi) is 8.65. The first kappa shape index (κ1) is 35.9. The van der Waals surface area contributed by atoms with Gasteiger partial charge in [0.2, 0.25) is 0 Å². The highest BCUT2D eigenvalue weighted by molar-refractivity contribution is 7.26. The molecule has 0 radical (unpaired) electrons. The standard InChI is InChI=1S/C57H35N3OS/c1-4-15-36(16-5-1)39-29-31-43(41-21-12-22-42(33-41)44-24-13-25-46-45-23-10-11-27-50(45)61-54(44)46)48(34-39)57-59-55(38-19-8-3-9-20-38)58-56(60-57)47-26-14-28-52-53(47)49-35-40(30-32-51(49)62-52)37-17-6-2-7-18-37/h1-35H. The Balaban J connectivity index is 1.08. The van der Waals surface area contributed by atoms with Gasteiger partial charge < -0.3 is 4.42 Å². The van der Waals surface area contributed by atoms with E-state index in [-0.39, 0.29) is 0 Å². The lowest BCUT2D eigenvalue weighted by Gasteiger charge is -2.15. The largest absolute Gasteiger partial charge is 0.455 e. The number of fused-ring (bicyclic) bond motifs is 6. The molecule has 62 heavy (non-hydrogen) atoms. The van der Waals surface area contributed by atoms with E-state index in [9.17, 15) is 0 Å². The molecule has 0 aliphatic rings. The van der Waals surface area contributed by atoms with Crippen molar-refractivity contribution >= 4 is 53.4 Å². The summed E-state index contributed by atoms with van der Waals surface area (Å²) >= 11 is 1.80. The van der Waals surface area contributed by atoms with Crippen LogP contribution in [0.4, 0.5) is 0 Å². The molecule has 0 bridgehead atoms. The van der Waals surface area contributed by atoms with Gasteiger partial charge in [-0.15, -0.1) is 11.3 Å². The van der Waals surface area contributed by atoms with Crippen LogP contribution in [0.3, 0.4) is 0 Å². The maximum Gasteiger partial charge on any atom is 0.164 e. The molecule has 0 saturated heterocycles. The number of hydrogen-bond donors (Lipinski definition) is 0. The monoisotopic (exact) mass is 809 g/mol. The van der Waals surface area contributed by atoms with Crippen LogP contribution in [0, 0.1) is 0 Å². The van der Waals surface area contributed by atoms with Gasteiger partial charge in [0.25, 0.3) is 0 Å². The highest BCUT2D eigenvalue weighted by Gasteiger charge is 2.21. The predicted octanol–water partition coefficient (Wildman–Crippen LogP) is 15.8. The second kappa shape index (κ2) is 14.9. The van der Waals surface area contributed by atoms with E-state index in [1.807, 2.05) is 30.3 Å². The van der Waals surface area contributed by atoms with Crippen LogP contribution in [-0.4, -0.2) is 15.0 Å². The zero-order chi connectivity index (χ0) is 41.0. The Labute approximate surface area is 362 Å². The van der Waals surface area contributed by atoms with Gasteiger partial charge in [0.15, 0.2) is 17.5 Å².